The highest BCUT2D eigenvalue weighted by atomic mass is 32.1. The summed E-state index contributed by atoms with van der Waals surface area (Å²) in [6.45, 7) is 5.25. The van der Waals surface area contributed by atoms with E-state index in [1.165, 1.54) is 53.2 Å². The SMILES string of the molecule is C=CC.c1csc(-c2ccc3ccc4c5cc(-c6cccs6)ccc5ccc4c3c2)c1. The monoisotopic (exact) mass is 434 g/mol. The number of benzene rings is 4. The highest BCUT2D eigenvalue weighted by molar-refractivity contribution is 7.13. The van der Waals surface area contributed by atoms with E-state index in [0.717, 1.165) is 0 Å². The van der Waals surface area contributed by atoms with Crippen molar-refractivity contribution in [2.45, 2.75) is 6.92 Å². The fourth-order valence-corrected chi connectivity index (χ4v) is 5.51. The van der Waals surface area contributed by atoms with E-state index in [-0.39, 0.29) is 0 Å². The van der Waals surface area contributed by atoms with Crippen LogP contribution >= 0.6 is 22.7 Å². The molecule has 0 radical (unpaired) electrons. The third-order valence-corrected chi connectivity index (χ3v) is 7.29. The first-order valence-corrected chi connectivity index (χ1v) is 12.1. The summed E-state index contributed by atoms with van der Waals surface area (Å²) in [4.78, 5) is 2.64. The summed E-state index contributed by atoms with van der Waals surface area (Å²) in [5, 5.41) is 12.2. The number of fused-ring (bicyclic) bond motifs is 5. The molecule has 0 amide bonds. The summed E-state index contributed by atoms with van der Waals surface area (Å²) in [6, 6.07) is 31.3. The van der Waals surface area contributed by atoms with E-state index in [0.29, 0.717) is 0 Å². The van der Waals surface area contributed by atoms with Gasteiger partial charge in [0.05, 0.1) is 0 Å². The van der Waals surface area contributed by atoms with Crippen molar-refractivity contribution in [3.8, 4) is 20.9 Å². The van der Waals surface area contributed by atoms with Gasteiger partial charge in [-0.3, -0.25) is 0 Å². The van der Waals surface area contributed by atoms with Crippen molar-refractivity contribution >= 4 is 55.0 Å². The first-order chi connectivity index (χ1) is 15.3. The standard InChI is InChI=1S/C26H16S2.C3H6/c1-3-25(27-13-1)19-7-5-17-9-12-22-21(23(17)15-19)11-10-18-6-8-20(16-24(18)22)26-4-2-14-28-26;1-3-2/h1-16H;3H,1H2,2H3. The summed E-state index contributed by atoms with van der Waals surface area (Å²) < 4.78 is 0. The van der Waals surface area contributed by atoms with Crippen LogP contribution in [0.4, 0.5) is 0 Å². The molecular weight excluding hydrogens is 412 g/mol. The highest BCUT2D eigenvalue weighted by Gasteiger charge is 2.08. The Morgan fingerprint density at radius 3 is 1.39 bits per heavy atom. The number of hydrogen-bond donors (Lipinski definition) is 0. The summed E-state index contributed by atoms with van der Waals surface area (Å²) in [5.74, 6) is 0. The van der Waals surface area contributed by atoms with E-state index in [1.807, 2.05) is 6.92 Å². The molecule has 0 aliphatic rings. The Kier molecular flexibility index (Phi) is 5.42. The van der Waals surface area contributed by atoms with Gasteiger partial charge in [0.15, 0.2) is 0 Å². The number of hydrogen-bond acceptors (Lipinski definition) is 2. The predicted octanol–water partition coefficient (Wildman–Crippen LogP) is 9.80. The van der Waals surface area contributed by atoms with Crippen LogP contribution in [0.5, 0.6) is 0 Å². The van der Waals surface area contributed by atoms with Gasteiger partial charge in [-0.05, 0) is 85.4 Å². The zero-order chi connectivity index (χ0) is 21.2. The largest absolute Gasteiger partial charge is 0.144 e. The molecule has 0 bridgehead atoms. The van der Waals surface area contributed by atoms with Crippen LogP contribution in [0.2, 0.25) is 0 Å². The molecule has 0 aliphatic carbocycles. The van der Waals surface area contributed by atoms with Crippen LogP contribution < -0.4 is 0 Å². The minimum Gasteiger partial charge on any atom is -0.144 e. The number of rotatable bonds is 2. The van der Waals surface area contributed by atoms with Crippen LogP contribution in [-0.2, 0) is 0 Å². The zero-order valence-electron chi connectivity index (χ0n) is 17.3. The normalized spacial score (nSPS) is 10.9. The fraction of sp³-hybridized carbons (Fsp3) is 0.0345. The van der Waals surface area contributed by atoms with Crippen LogP contribution in [0.15, 0.2) is 108 Å². The Labute approximate surface area is 190 Å². The lowest BCUT2D eigenvalue weighted by Crippen LogP contribution is -1.83. The Morgan fingerprint density at radius 2 is 1.00 bits per heavy atom. The van der Waals surface area contributed by atoms with Crippen molar-refractivity contribution < 1.29 is 0 Å². The molecule has 2 heteroatoms. The molecule has 0 spiro atoms. The molecule has 0 N–H and O–H groups in total. The van der Waals surface area contributed by atoms with Gasteiger partial charge in [0.25, 0.3) is 0 Å². The molecule has 0 saturated heterocycles. The molecule has 31 heavy (non-hydrogen) atoms. The molecule has 6 aromatic rings. The summed E-state index contributed by atoms with van der Waals surface area (Å²) in [6.07, 6.45) is 1.75. The van der Waals surface area contributed by atoms with E-state index >= 15 is 0 Å². The molecule has 4 aromatic carbocycles. The van der Waals surface area contributed by atoms with E-state index < -0.39 is 0 Å². The van der Waals surface area contributed by atoms with E-state index in [1.54, 1.807) is 28.7 Å². The first kappa shape index (κ1) is 19.7. The molecular formula is C29H22S2. The number of allylic oxidation sites excluding steroid dienone is 1. The Hall–Kier alpha value is -3.20. The van der Waals surface area contributed by atoms with E-state index in [9.17, 15) is 0 Å². The van der Waals surface area contributed by atoms with Gasteiger partial charge < -0.3 is 0 Å². The van der Waals surface area contributed by atoms with E-state index in [2.05, 4.69) is 102 Å². The lowest BCUT2D eigenvalue weighted by atomic mass is 9.95. The zero-order valence-corrected chi connectivity index (χ0v) is 19.0. The van der Waals surface area contributed by atoms with Crippen molar-refractivity contribution in [1.82, 2.24) is 0 Å². The van der Waals surface area contributed by atoms with Crippen molar-refractivity contribution in [3.63, 3.8) is 0 Å². The van der Waals surface area contributed by atoms with Gasteiger partial charge in [0.1, 0.15) is 0 Å². The molecule has 0 fully saturated rings. The van der Waals surface area contributed by atoms with Crippen molar-refractivity contribution in [1.29, 1.82) is 0 Å². The van der Waals surface area contributed by atoms with Gasteiger partial charge in [0.2, 0.25) is 0 Å². The molecule has 2 heterocycles. The Bertz CT molecular complexity index is 1370. The maximum absolute atomic E-state index is 3.36. The van der Waals surface area contributed by atoms with Crippen molar-refractivity contribution in [2.24, 2.45) is 0 Å². The lowest BCUT2D eigenvalue weighted by molar-refractivity contribution is 1.75. The third-order valence-electron chi connectivity index (χ3n) is 5.45. The fourth-order valence-electron chi connectivity index (χ4n) is 4.06. The van der Waals surface area contributed by atoms with E-state index in [4.69, 9.17) is 0 Å². The van der Waals surface area contributed by atoms with Gasteiger partial charge in [-0.15, -0.1) is 29.3 Å². The maximum atomic E-state index is 3.36. The smallest absolute Gasteiger partial charge is 0.0342 e. The average molecular weight is 435 g/mol. The van der Waals surface area contributed by atoms with Gasteiger partial charge in [-0.2, -0.15) is 0 Å². The van der Waals surface area contributed by atoms with Crippen LogP contribution in [0, 0.1) is 0 Å². The topological polar surface area (TPSA) is 0 Å². The average Bonchev–Trinajstić information content (AvgIpc) is 3.53. The Morgan fingerprint density at radius 1 is 0.581 bits per heavy atom. The number of thiophene rings is 2. The Balaban J connectivity index is 0.000000646. The second kappa shape index (κ2) is 8.50. The van der Waals surface area contributed by atoms with Crippen LogP contribution in [0.3, 0.4) is 0 Å². The van der Waals surface area contributed by atoms with Crippen LogP contribution in [0.1, 0.15) is 6.92 Å². The quantitative estimate of drug-likeness (QED) is 0.188. The first-order valence-electron chi connectivity index (χ1n) is 10.3. The van der Waals surface area contributed by atoms with Crippen LogP contribution in [0.25, 0.3) is 53.2 Å². The minimum absolute atomic E-state index is 1.29. The van der Waals surface area contributed by atoms with Gasteiger partial charge in [-0.25, -0.2) is 0 Å². The molecule has 0 aliphatic heterocycles. The third kappa shape index (κ3) is 3.69. The highest BCUT2D eigenvalue weighted by Crippen LogP contribution is 2.36. The molecule has 0 saturated carbocycles. The summed E-state index contributed by atoms with van der Waals surface area (Å²) in [7, 11) is 0. The second-order valence-electron chi connectivity index (χ2n) is 7.46. The van der Waals surface area contributed by atoms with Crippen LogP contribution in [-0.4, -0.2) is 0 Å². The molecule has 2 aromatic heterocycles. The van der Waals surface area contributed by atoms with Gasteiger partial charge in [-0.1, -0.05) is 66.7 Å². The molecule has 0 atom stereocenters. The maximum Gasteiger partial charge on any atom is 0.0342 e. The van der Waals surface area contributed by atoms with Crippen molar-refractivity contribution in [3.05, 3.63) is 108 Å². The van der Waals surface area contributed by atoms with Gasteiger partial charge in [0, 0.05) is 9.75 Å². The molecule has 0 nitrogen and oxygen atoms in total. The molecule has 6 rings (SSSR count). The summed E-state index contributed by atoms with van der Waals surface area (Å²) in [5.41, 5.74) is 2.59. The predicted molar refractivity (Wildman–Crippen MR) is 141 cm³/mol. The van der Waals surface area contributed by atoms with Crippen molar-refractivity contribution in [2.75, 3.05) is 0 Å². The van der Waals surface area contributed by atoms with Gasteiger partial charge >= 0.3 is 0 Å². The second-order valence-corrected chi connectivity index (χ2v) is 9.36. The summed E-state index contributed by atoms with van der Waals surface area (Å²) >= 11 is 3.59. The lowest BCUT2D eigenvalue weighted by Gasteiger charge is -2.10. The molecule has 150 valence electrons. The minimum atomic E-state index is 1.29. The molecule has 0 unspecified atom stereocenters.